The number of nitrogens with zero attached hydrogens (tertiary/aromatic N) is 4. The van der Waals surface area contributed by atoms with E-state index in [-0.39, 0.29) is 64.9 Å². The highest BCUT2D eigenvalue weighted by Gasteiger charge is 2.39. The van der Waals surface area contributed by atoms with Crippen LogP contribution in [0.3, 0.4) is 0 Å². The number of alkyl halides is 3. The summed E-state index contributed by atoms with van der Waals surface area (Å²) in [7, 11) is 0. The van der Waals surface area contributed by atoms with Crippen LogP contribution in [0, 0.1) is 5.92 Å². The molecule has 46 heavy (non-hydrogen) atoms. The molecule has 0 aliphatic carbocycles. The topological polar surface area (TPSA) is 182 Å². The third-order valence-corrected chi connectivity index (χ3v) is 8.39. The van der Waals surface area contributed by atoms with E-state index in [2.05, 4.69) is 30.8 Å². The zero-order valence-electron chi connectivity index (χ0n) is 24.7. The van der Waals surface area contributed by atoms with Crippen molar-refractivity contribution in [3.8, 4) is 11.3 Å². The average Bonchev–Trinajstić information content (AvgIpc) is 3.70. The molecule has 1 aromatic carbocycles. The number of carbonyl (C=O) groups is 4. The fourth-order valence-electron chi connectivity index (χ4n) is 5.60. The molecule has 2 fully saturated rings. The van der Waals surface area contributed by atoms with Gasteiger partial charge < -0.3 is 31.2 Å². The van der Waals surface area contributed by atoms with Gasteiger partial charge in [-0.1, -0.05) is 17.7 Å². The van der Waals surface area contributed by atoms with Crippen molar-refractivity contribution in [2.75, 3.05) is 39.3 Å². The molecule has 0 spiro atoms. The van der Waals surface area contributed by atoms with E-state index in [9.17, 15) is 32.3 Å². The lowest BCUT2D eigenvalue weighted by Gasteiger charge is -2.37. The molecule has 5 rings (SSSR count). The van der Waals surface area contributed by atoms with Gasteiger partial charge in [0.2, 0.25) is 11.8 Å². The second-order valence-corrected chi connectivity index (χ2v) is 11.6. The van der Waals surface area contributed by atoms with Crippen molar-refractivity contribution in [2.45, 2.75) is 38.4 Å². The minimum Gasteiger partial charge on any atom is -0.370 e. The number of nitrogens with two attached hydrogens (primary N) is 1. The number of H-pyrrole nitrogens is 2. The number of aromatic nitrogens is 4. The van der Waals surface area contributed by atoms with Crippen molar-refractivity contribution in [3.05, 3.63) is 57.8 Å². The van der Waals surface area contributed by atoms with Crippen LogP contribution in [0.25, 0.3) is 11.3 Å². The average molecular weight is 664 g/mol. The Bertz CT molecular complexity index is 1610. The standard InChI is InChI=1S/C29H33ClF3N9O4/c30-19-13-16(1-2-18(19)28(46)42-11-9-41(10-12-42)27(45)17-5-7-35-8-6-17)14-37-26(44)25-36-15-21(38-25)23-20(3-4-22(34)43)39-40-24(23)29(31,32)33/h1-2,13,15,17,35H,3-12,14H2,(H2,34,43)(H,36,38)(H,37,44)(H,39,40). The second-order valence-electron chi connectivity index (χ2n) is 11.2. The van der Waals surface area contributed by atoms with E-state index in [0.29, 0.717) is 37.3 Å². The van der Waals surface area contributed by atoms with Crippen molar-refractivity contribution >= 4 is 35.2 Å². The maximum atomic E-state index is 13.6. The number of nitrogens with one attached hydrogen (secondary N) is 4. The molecule has 6 N–H and O–H groups in total. The summed E-state index contributed by atoms with van der Waals surface area (Å²) >= 11 is 6.45. The molecule has 2 aliphatic heterocycles. The summed E-state index contributed by atoms with van der Waals surface area (Å²) in [5.41, 5.74) is 4.31. The van der Waals surface area contributed by atoms with Crippen LogP contribution >= 0.6 is 11.6 Å². The number of piperidine rings is 1. The second kappa shape index (κ2) is 13.9. The van der Waals surface area contributed by atoms with Gasteiger partial charge in [-0.05, 0) is 50.0 Å². The van der Waals surface area contributed by atoms with E-state index in [1.54, 1.807) is 23.1 Å². The molecule has 2 aliphatic rings. The molecule has 3 aromatic rings. The number of hydrogen-bond acceptors (Lipinski definition) is 7. The van der Waals surface area contributed by atoms with Gasteiger partial charge in [0.15, 0.2) is 11.5 Å². The van der Waals surface area contributed by atoms with E-state index >= 15 is 0 Å². The van der Waals surface area contributed by atoms with Crippen molar-refractivity contribution in [1.29, 1.82) is 0 Å². The third-order valence-electron chi connectivity index (χ3n) is 8.08. The highest BCUT2D eigenvalue weighted by molar-refractivity contribution is 6.33. The molecule has 0 unspecified atom stereocenters. The Balaban J connectivity index is 1.18. The van der Waals surface area contributed by atoms with Crippen LogP contribution in [0.1, 0.15) is 57.2 Å². The Morgan fingerprint density at radius 3 is 2.41 bits per heavy atom. The van der Waals surface area contributed by atoms with Crippen LogP contribution < -0.4 is 16.4 Å². The molecule has 0 atom stereocenters. The first-order valence-corrected chi connectivity index (χ1v) is 15.1. The Morgan fingerprint density at radius 2 is 1.76 bits per heavy atom. The van der Waals surface area contributed by atoms with Crippen LogP contribution in [0.15, 0.2) is 24.4 Å². The van der Waals surface area contributed by atoms with Crippen LogP contribution in [0.2, 0.25) is 5.02 Å². The fraction of sp³-hybridized carbons (Fsp3) is 0.448. The van der Waals surface area contributed by atoms with Gasteiger partial charge in [0.05, 0.1) is 28.0 Å². The number of amides is 4. The maximum absolute atomic E-state index is 13.6. The van der Waals surface area contributed by atoms with Gasteiger partial charge in [-0.15, -0.1) is 0 Å². The monoisotopic (exact) mass is 663 g/mol. The summed E-state index contributed by atoms with van der Waals surface area (Å²) < 4.78 is 40.8. The zero-order chi connectivity index (χ0) is 33.0. The summed E-state index contributed by atoms with van der Waals surface area (Å²) in [6.07, 6.45) is -2.44. The molecule has 0 bridgehead atoms. The number of piperazine rings is 1. The van der Waals surface area contributed by atoms with Crippen LogP contribution in [-0.2, 0) is 28.7 Å². The van der Waals surface area contributed by atoms with E-state index in [1.807, 2.05) is 4.90 Å². The highest BCUT2D eigenvalue weighted by Crippen LogP contribution is 2.37. The summed E-state index contributed by atoms with van der Waals surface area (Å²) in [4.78, 5) is 60.0. The lowest BCUT2D eigenvalue weighted by atomic mass is 9.96. The Hall–Kier alpha value is -4.44. The largest absolute Gasteiger partial charge is 0.435 e. The van der Waals surface area contributed by atoms with E-state index in [0.717, 1.165) is 32.1 Å². The van der Waals surface area contributed by atoms with Crippen LogP contribution in [-0.4, -0.2) is 92.9 Å². The van der Waals surface area contributed by atoms with Gasteiger partial charge in [0.25, 0.3) is 11.8 Å². The number of rotatable bonds is 9. The van der Waals surface area contributed by atoms with Crippen molar-refractivity contribution in [3.63, 3.8) is 0 Å². The first-order valence-electron chi connectivity index (χ1n) is 14.8. The minimum atomic E-state index is -4.81. The van der Waals surface area contributed by atoms with Gasteiger partial charge >= 0.3 is 6.18 Å². The van der Waals surface area contributed by atoms with Gasteiger partial charge in [-0.2, -0.15) is 18.3 Å². The van der Waals surface area contributed by atoms with E-state index in [4.69, 9.17) is 17.3 Å². The smallest absolute Gasteiger partial charge is 0.370 e. The number of imidazole rings is 1. The lowest BCUT2D eigenvalue weighted by molar-refractivity contribution is -0.140. The molecule has 2 aromatic heterocycles. The van der Waals surface area contributed by atoms with Crippen LogP contribution in [0.4, 0.5) is 13.2 Å². The molecule has 17 heteroatoms. The highest BCUT2D eigenvalue weighted by atomic mass is 35.5. The number of primary amides is 1. The molecular formula is C29H33ClF3N9O4. The number of hydrogen-bond donors (Lipinski definition) is 5. The normalized spacial score (nSPS) is 16.0. The number of benzene rings is 1. The van der Waals surface area contributed by atoms with E-state index in [1.165, 1.54) is 0 Å². The fourth-order valence-corrected chi connectivity index (χ4v) is 5.89. The molecule has 0 saturated carbocycles. The van der Waals surface area contributed by atoms with Crippen molar-refractivity contribution < 1.29 is 32.3 Å². The van der Waals surface area contributed by atoms with Gasteiger partial charge in [-0.3, -0.25) is 24.3 Å². The SMILES string of the molecule is NC(=O)CCc1[nH]nc(C(F)(F)F)c1-c1cnc(C(=O)NCc2ccc(C(=O)N3CCN(C(=O)C4CCNCC4)CC3)c(Cl)c2)[nH]1. The maximum Gasteiger partial charge on any atom is 0.435 e. The summed E-state index contributed by atoms with van der Waals surface area (Å²) in [5, 5.41) is 11.7. The zero-order valence-corrected chi connectivity index (χ0v) is 25.4. The molecule has 246 valence electrons. The van der Waals surface area contributed by atoms with Gasteiger partial charge in [0, 0.05) is 50.8 Å². The van der Waals surface area contributed by atoms with Crippen LogP contribution in [0.5, 0.6) is 0 Å². The Morgan fingerprint density at radius 1 is 1.07 bits per heavy atom. The predicted molar refractivity (Wildman–Crippen MR) is 159 cm³/mol. The predicted octanol–water partition coefficient (Wildman–Crippen LogP) is 2.10. The molecule has 0 radical (unpaired) electrons. The van der Waals surface area contributed by atoms with Crippen molar-refractivity contribution in [1.82, 2.24) is 40.6 Å². The Labute approximate surface area is 266 Å². The molecule has 4 heterocycles. The minimum absolute atomic E-state index is 0.0100. The van der Waals surface area contributed by atoms with E-state index < -0.39 is 23.7 Å². The molecule has 4 amide bonds. The first-order chi connectivity index (χ1) is 21.9. The summed E-state index contributed by atoms with van der Waals surface area (Å²) in [6, 6.07) is 4.75. The Kier molecular flexibility index (Phi) is 9.96. The van der Waals surface area contributed by atoms with Gasteiger partial charge in [-0.25, -0.2) is 4.98 Å². The number of aromatic amines is 2. The molecule has 2 saturated heterocycles. The number of halogens is 4. The summed E-state index contributed by atoms with van der Waals surface area (Å²) in [6.45, 7) is 3.35. The molecule has 13 nitrogen and oxygen atoms in total. The molecular weight excluding hydrogens is 631 g/mol. The third kappa shape index (κ3) is 7.50. The quantitative estimate of drug-likeness (QED) is 0.232. The number of aryl methyl sites for hydroxylation is 1. The van der Waals surface area contributed by atoms with Gasteiger partial charge in [0.1, 0.15) is 0 Å². The first kappa shape index (κ1) is 32.9. The lowest BCUT2D eigenvalue weighted by Crippen LogP contribution is -2.52. The summed E-state index contributed by atoms with van der Waals surface area (Å²) in [5.74, 6) is -1.75. The number of carbonyl (C=O) groups excluding carboxylic acids is 4. The van der Waals surface area contributed by atoms with Crippen molar-refractivity contribution in [2.24, 2.45) is 11.7 Å².